The summed E-state index contributed by atoms with van der Waals surface area (Å²) < 4.78 is 0. The zero-order valence-corrected chi connectivity index (χ0v) is 14.1. The highest BCUT2D eigenvalue weighted by atomic mass is 16.3. The molecule has 23 heavy (non-hydrogen) atoms. The van der Waals surface area contributed by atoms with E-state index in [4.69, 9.17) is 0 Å². The minimum atomic E-state index is -0.624. The summed E-state index contributed by atoms with van der Waals surface area (Å²) in [5, 5.41) is 15.2. The number of rotatable bonds is 4. The fourth-order valence-electron chi connectivity index (χ4n) is 3.98. The van der Waals surface area contributed by atoms with Crippen molar-refractivity contribution in [3.63, 3.8) is 0 Å². The number of hydrogen-bond acceptors (Lipinski definition) is 2. The Morgan fingerprint density at radius 2 is 1.57 bits per heavy atom. The van der Waals surface area contributed by atoms with Crippen LogP contribution in [0.1, 0.15) is 56.3 Å². The molecule has 1 heterocycles. The Morgan fingerprint density at radius 3 is 2.13 bits per heavy atom. The van der Waals surface area contributed by atoms with Crippen molar-refractivity contribution in [3.8, 4) is 0 Å². The van der Waals surface area contributed by atoms with E-state index in [1.54, 1.807) is 0 Å². The highest BCUT2D eigenvalue weighted by Crippen LogP contribution is 2.45. The maximum absolute atomic E-state index is 11.4. The molecule has 1 aliphatic rings. The molecule has 0 unspecified atom stereocenters. The number of benzene rings is 2. The minimum absolute atomic E-state index is 0.173. The summed E-state index contributed by atoms with van der Waals surface area (Å²) in [6.07, 6.45) is 2.63. The van der Waals surface area contributed by atoms with Gasteiger partial charge in [-0.3, -0.25) is 0 Å². The molecule has 0 bridgehead atoms. The van der Waals surface area contributed by atoms with E-state index in [1.165, 1.54) is 11.1 Å². The molecule has 2 N–H and O–H groups in total. The van der Waals surface area contributed by atoms with Gasteiger partial charge in [-0.15, -0.1) is 0 Å². The summed E-state index contributed by atoms with van der Waals surface area (Å²) in [4.78, 5) is 0. The Kier molecular flexibility index (Phi) is 4.84. The first kappa shape index (κ1) is 16.2. The van der Waals surface area contributed by atoms with Crippen molar-refractivity contribution in [1.29, 1.82) is 0 Å². The molecule has 0 aromatic heterocycles. The third-order valence-electron chi connectivity index (χ3n) is 5.33. The second kappa shape index (κ2) is 6.86. The summed E-state index contributed by atoms with van der Waals surface area (Å²) >= 11 is 0. The van der Waals surface area contributed by atoms with Crippen molar-refractivity contribution < 1.29 is 5.11 Å². The molecule has 4 atom stereocenters. The van der Waals surface area contributed by atoms with Crippen LogP contribution in [0, 0.1) is 5.92 Å². The molecule has 122 valence electrons. The van der Waals surface area contributed by atoms with Crippen LogP contribution in [0.15, 0.2) is 60.7 Å². The van der Waals surface area contributed by atoms with Crippen LogP contribution < -0.4 is 5.32 Å². The van der Waals surface area contributed by atoms with Crippen LogP contribution in [-0.4, -0.2) is 10.7 Å². The summed E-state index contributed by atoms with van der Waals surface area (Å²) in [5.41, 5.74) is 1.89. The second-order valence-electron chi connectivity index (χ2n) is 6.86. The number of piperidine rings is 1. The van der Waals surface area contributed by atoms with Crippen molar-refractivity contribution in [2.24, 2.45) is 5.92 Å². The van der Waals surface area contributed by atoms with Gasteiger partial charge in [0.05, 0.1) is 5.60 Å². The monoisotopic (exact) mass is 309 g/mol. The van der Waals surface area contributed by atoms with Crippen molar-refractivity contribution in [2.45, 2.75) is 50.8 Å². The third-order valence-corrected chi connectivity index (χ3v) is 5.33. The first-order valence-electron chi connectivity index (χ1n) is 8.72. The van der Waals surface area contributed by atoms with Gasteiger partial charge in [-0.05, 0) is 24.0 Å². The van der Waals surface area contributed by atoms with Gasteiger partial charge in [-0.2, -0.15) is 0 Å². The van der Waals surface area contributed by atoms with Crippen molar-refractivity contribution >= 4 is 0 Å². The van der Waals surface area contributed by atoms with Gasteiger partial charge in [0.1, 0.15) is 0 Å². The second-order valence-corrected chi connectivity index (χ2v) is 6.86. The quantitative estimate of drug-likeness (QED) is 0.863. The van der Waals surface area contributed by atoms with Crippen molar-refractivity contribution in [2.75, 3.05) is 0 Å². The Labute approximate surface area is 139 Å². The average Bonchev–Trinajstić information content (AvgIpc) is 2.59. The largest absolute Gasteiger partial charge is 0.389 e. The van der Waals surface area contributed by atoms with Crippen LogP contribution in [0.5, 0.6) is 0 Å². The molecule has 0 radical (unpaired) electrons. The molecule has 2 heteroatoms. The predicted octanol–water partition coefficient (Wildman–Crippen LogP) is 4.63. The Morgan fingerprint density at radius 1 is 1.00 bits per heavy atom. The normalized spacial score (nSPS) is 31.0. The summed E-state index contributed by atoms with van der Waals surface area (Å²) in [6, 6.07) is 21.4. The lowest BCUT2D eigenvalue weighted by atomic mass is 9.70. The fraction of sp³-hybridized carbons (Fsp3) is 0.429. The van der Waals surface area contributed by atoms with E-state index in [-0.39, 0.29) is 18.0 Å². The zero-order chi connectivity index (χ0) is 16.3. The topological polar surface area (TPSA) is 32.3 Å². The first-order chi connectivity index (χ1) is 11.1. The van der Waals surface area contributed by atoms with Gasteiger partial charge in [0.15, 0.2) is 0 Å². The lowest BCUT2D eigenvalue weighted by Crippen LogP contribution is -2.52. The van der Waals surface area contributed by atoms with Gasteiger partial charge in [0.2, 0.25) is 0 Å². The molecule has 2 nitrogen and oxygen atoms in total. The number of aliphatic hydroxyl groups is 1. The molecular weight excluding hydrogens is 282 g/mol. The van der Waals surface area contributed by atoms with Gasteiger partial charge >= 0.3 is 0 Å². The van der Waals surface area contributed by atoms with Gasteiger partial charge in [0, 0.05) is 18.0 Å². The van der Waals surface area contributed by atoms with Crippen LogP contribution in [0.4, 0.5) is 0 Å². The predicted molar refractivity (Wildman–Crippen MR) is 95.1 cm³/mol. The summed E-state index contributed by atoms with van der Waals surface area (Å²) in [5.74, 6) is 0.185. The van der Waals surface area contributed by atoms with Crippen LogP contribution in [0.3, 0.4) is 0 Å². The number of hydrogen-bond donors (Lipinski definition) is 2. The molecule has 1 aliphatic heterocycles. The fourth-order valence-corrected chi connectivity index (χ4v) is 3.98. The maximum atomic E-state index is 11.4. The van der Waals surface area contributed by atoms with Gasteiger partial charge in [-0.1, -0.05) is 80.9 Å². The summed E-state index contributed by atoms with van der Waals surface area (Å²) in [6.45, 7) is 4.34. The van der Waals surface area contributed by atoms with E-state index in [2.05, 4.69) is 67.7 Å². The van der Waals surface area contributed by atoms with Crippen molar-refractivity contribution in [1.82, 2.24) is 5.32 Å². The zero-order valence-electron chi connectivity index (χ0n) is 14.1. The Balaban J connectivity index is 1.95. The SMILES string of the molecule is CCC[C@]1(O)C[C@@H](c2ccccc2)N[C@H](c2ccccc2)[C@@H]1C. The summed E-state index contributed by atoms with van der Waals surface area (Å²) in [7, 11) is 0. The van der Waals surface area contributed by atoms with E-state index < -0.39 is 5.60 Å². The Hall–Kier alpha value is -1.64. The van der Waals surface area contributed by atoms with E-state index in [0.29, 0.717) is 0 Å². The minimum Gasteiger partial charge on any atom is -0.389 e. The molecule has 3 rings (SSSR count). The molecule has 2 aromatic rings. The van der Waals surface area contributed by atoms with Crippen LogP contribution in [0.2, 0.25) is 0 Å². The third kappa shape index (κ3) is 3.34. The van der Waals surface area contributed by atoms with E-state index in [0.717, 1.165) is 19.3 Å². The molecule has 0 amide bonds. The smallest absolute Gasteiger partial charge is 0.0709 e. The highest BCUT2D eigenvalue weighted by Gasteiger charge is 2.45. The number of nitrogens with one attached hydrogen (secondary N) is 1. The Bertz CT molecular complexity index is 612. The van der Waals surface area contributed by atoms with Crippen LogP contribution >= 0.6 is 0 Å². The molecule has 2 aromatic carbocycles. The lowest BCUT2D eigenvalue weighted by molar-refractivity contribution is -0.0743. The lowest BCUT2D eigenvalue weighted by Gasteiger charge is -2.48. The van der Waals surface area contributed by atoms with E-state index in [9.17, 15) is 5.11 Å². The first-order valence-corrected chi connectivity index (χ1v) is 8.72. The molecule has 0 saturated carbocycles. The molecule has 1 saturated heterocycles. The van der Waals surface area contributed by atoms with Crippen LogP contribution in [0.25, 0.3) is 0 Å². The van der Waals surface area contributed by atoms with E-state index >= 15 is 0 Å². The molecule has 0 aliphatic carbocycles. The van der Waals surface area contributed by atoms with E-state index in [1.807, 2.05) is 12.1 Å². The molecule has 0 spiro atoms. The van der Waals surface area contributed by atoms with Gasteiger partial charge in [-0.25, -0.2) is 0 Å². The van der Waals surface area contributed by atoms with Gasteiger partial charge in [0.25, 0.3) is 0 Å². The van der Waals surface area contributed by atoms with Gasteiger partial charge < -0.3 is 10.4 Å². The van der Waals surface area contributed by atoms with Crippen LogP contribution in [-0.2, 0) is 0 Å². The highest BCUT2D eigenvalue weighted by molar-refractivity contribution is 5.26. The van der Waals surface area contributed by atoms with Crippen molar-refractivity contribution in [3.05, 3.63) is 71.8 Å². The average molecular weight is 309 g/mol. The maximum Gasteiger partial charge on any atom is 0.0709 e. The standard InChI is InChI=1S/C21H27NO/c1-3-14-21(23)15-19(17-10-6-4-7-11-17)22-20(16(21)2)18-12-8-5-9-13-18/h4-13,16,19-20,22-23H,3,14-15H2,1-2H3/t16-,19-,20-,21-/m0/s1. The molecule has 1 fully saturated rings. The molecular formula is C21H27NO.